The molecule has 0 aromatic carbocycles. The molecule has 4 N–H and O–H groups in total. The number of hydrogen-bond acceptors (Lipinski definition) is 9. The molecule has 9 heteroatoms. The maximum absolute atomic E-state index is 12.6. The van der Waals surface area contributed by atoms with Crippen LogP contribution in [-0.4, -0.2) is 76.3 Å². The van der Waals surface area contributed by atoms with E-state index in [1.54, 1.807) is 6.92 Å². The second-order valence-corrected chi connectivity index (χ2v) is 7.91. The van der Waals surface area contributed by atoms with E-state index in [1.807, 2.05) is 0 Å². The molecule has 2 fully saturated rings. The topological polar surface area (TPSA) is 151 Å². The van der Waals surface area contributed by atoms with Crippen molar-refractivity contribution < 1.29 is 44.3 Å². The predicted molar refractivity (Wildman–Crippen MR) is 99.2 cm³/mol. The molecule has 7 atom stereocenters. The molecule has 2 rings (SSSR count). The summed E-state index contributed by atoms with van der Waals surface area (Å²) in [6.45, 7) is 7.92. The van der Waals surface area contributed by atoms with Crippen molar-refractivity contribution in [3.8, 4) is 0 Å². The van der Waals surface area contributed by atoms with Crippen molar-refractivity contribution in [3.63, 3.8) is 0 Å². The molecule has 9 nitrogen and oxygen atoms in total. The van der Waals surface area contributed by atoms with Crippen molar-refractivity contribution in [2.45, 2.75) is 50.6 Å². The van der Waals surface area contributed by atoms with Crippen LogP contribution in [0, 0.1) is 17.3 Å². The molecule has 162 valence electrons. The zero-order chi connectivity index (χ0) is 22.1. The van der Waals surface area contributed by atoms with Gasteiger partial charge in [0.05, 0.1) is 43.3 Å². The maximum atomic E-state index is 12.6. The average Bonchev–Trinajstić information content (AvgIpc) is 2.68. The lowest BCUT2D eigenvalue weighted by atomic mass is 9.53. The van der Waals surface area contributed by atoms with Crippen LogP contribution in [0.2, 0.25) is 0 Å². The second-order valence-electron chi connectivity index (χ2n) is 7.91. The molecule has 2 aliphatic rings. The van der Waals surface area contributed by atoms with Crippen molar-refractivity contribution >= 4 is 17.7 Å². The van der Waals surface area contributed by atoms with Gasteiger partial charge in [0.2, 0.25) is 0 Å². The number of methoxy groups -OCH3 is 1. The fourth-order valence-electron chi connectivity index (χ4n) is 4.44. The Hall–Kier alpha value is -2.07. The SMILES string of the molecule is C=C(C(=O)OC)[C@@H]1[C@H](O)[C@@H]2C(=O)CC[C@H](O)[C@]2(C)C[C@H]1OC(=O)C(=C)[C@H](O)CO. The molecule has 0 aliphatic heterocycles. The average molecular weight is 412 g/mol. The lowest BCUT2D eigenvalue weighted by Gasteiger charge is -2.54. The predicted octanol–water partition coefficient (Wildman–Crippen LogP) is -0.736. The molecule has 0 heterocycles. The highest BCUT2D eigenvalue weighted by atomic mass is 16.5. The molecule has 2 saturated carbocycles. The number of carbonyl (C=O) groups is 3. The van der Waals surface area contributed by atoms with Crippen molar-refractivity contribution in [1.29, 1.82) is 0 Å². The number of ether oxygens (including phenoxy) is 2. The lowest BCUT2D eigenvalue weighted by Crippen LogP contribution is -2.62. The smallest absolute Gasteiger partial charge is 0.336 e. The molecule has 0 saturated heterocycles. The number of esters is 2. The normalized spacial score (nSPS) is 35.2. The minimum absolute atomic E-state index is 0.0312. The van der Waals surface area contributed by atoms with Crippen LogP contribution in [0.4, 0.5) is 0 Å². The van der Waals surface area contributed by atoms with E-state index < -0.39 is 65.8 Å². The number of rotatable bonds is 6. The molecular weight excluding hydrogens is 384 g/mol. The quantitative estimate of drug-likeness (QED) is 0.327. The summed E-state index contributed by atoms with van der Waals surface area (Å²) in [6.07, 6.45) is -4.80. The van der Waals surface area contributed by atoms with E-state index in [9.17, 15) is 29.7 Å². The Balaban J connectivity index is 2.42. The van der Waals surface area contributed by atoms with Crippen molar-refractivity contribution in [2.75, 3.05) is 13.7 Å². The molecular formula is C20H28O9. The van der Waals surface area contributed by atoms with Crippen LogP contribution in [0.25, 0.3) is 0 Å². The fourth-order valence-corrected chi connectivity index (χ4v) is 4.44. The standard InChI is InChI=1S/C20H28O9/c1-9(12(23)8-21)19(27)29-13-7-20(3)14(24)6-5-11(22)16(20)17(25)15(13)10(2)18(26)28-4/h12-17,21,23-25H,1-2,5-8H2,3-4H3/t12-,13-,14+,15+,16+,17+,20+/m1/s1. The summed E-state index contributed by atoms with van der Waals surface area (Å²) in [4.78, 5) is 37.0. The third-order valence-electron chi connectivity index (χ3n) is 6.18. The summed E-state index contributed by atoms with van der Waals surface area (Å²) in [7, 11) is 1.13. The molecule has 29 heavy (non-hydrogen) atoms. The molecule has 0 bridgehead atoms. The fraction of sp³-hybridized carbons (Fsp3) is 0.650. The Morgan fingerprint density at radius 3 is 2.45 bits per heavy atom. The van der Waals surface area contributed by atoms with E-state index >= 15 is 0 Å². The van der Waals surface area contributed by atoms with Crippen LogP contribution < -0.4 is 0 Å². The first-order valence-electron chi connectivity index (χ1n) is 9.34. The van der Waals surface area contributed by atoms with Crippen molar-refractivity contribution in [1.82, 2.24) is 0 Å². The Labute approximate surface area is 168 Å². The number of carbonyl (C=O) groups excluding carboxylic acids is 3. The van der Waals surface area contributed by atoms with Gasteiger partial charge in [0.1, 0.15) is 18.0 Å². The summed E-state index contributed by atoms with van der Waals surface area (Å²) in [5, 5.41) is 40.2. The Morgan fingerprint density at radius 1 is 1.28 bits per heavy atom. The van der Waals surface area contributed by atoms with E-state index in [-0.39, 0.29) is 30.6 Å². The molecule has 0 aromatic rings. The summed E-state index contributed by atoms with van der Waals surface area (Å²) in [6, 6.07) is 0. The number of aliphatic hydroxyl groups is 4. The van der Waals surface area contributed by atoms with Gasteiger partial charge in [-0.2, -0.15) is 0 Å². The molecule has 2 aliphatic carbocycles. The van der Waals surface area contributed by atoms with Gasteiger partial charge < -0.3 is 29.9 Å². The Kier molecular flexibility index (Phi) is 7.00. The van der Waals surface area contributed by atoms with Crippen LogP contribution >= 0.6 is 0 Å². The van der Waals surface area contributed by atoms with Crippen molar-refractivity contribution in [2.24, 2.45) is 17.3 Å². The Bertz CT molecular complexity index is 715. The van der Waals surface area contributed by atoms with Crippen LogP contribution in [0.1, 0.15) is 26.2 Å². The number of Topliss-reactive ketones (excluding diaryl/α,β-unsaturated/α-hetero) is 1. The molecule has 0 spiro atoms. The first kappa shape index (κ1) is 23.2. The molecule has 0 aromatic heterocycles. The second kappa shape index (κ2) is 8.74. The number of aliphatic hydroxyl groups excluding tert-OH is 4. The van der Waals surface area contributed by atoms with E-state index in [2.05, 4.69) is 17.9 Å². The van der Waals surface area contributed by atoms with Gasteiger partial charge in [0, 0.05) is 17.4 Å². The highest BCUT2D eigenvalue weighted by Crippen LogP contribution is 2.52. The third-order valence-corrected chi connectivity index (χ3v) is 6.18. The highest BCUT2D eigenvalue weighted by Gasteiger charge is 2.60. The number of hydrogen-bond donors (Lipinski definition) is 4. The van der Waals surface area contributed by atoms with Gasteiger partial charge in [-0.1, -0.05) is 20.1 Å². The summed E-state index contributed by atoms with van der Waals surface area (Å²) in [5.74, 6) is -4.25. The van der Waals surface area contributed by atoms with E-state index in [1.165, 1.54) is 0 Å². The van der Waals surface area contributed by atoms with Gasteiger partial charge in [0.25, 0.3) is 0 Å². The maximum Gasteiger partial charge on any atom is 0.336 e. The van der Waals surface area contributed by atoms with Crippen LogP contribution in [-0.2, 0) is 23.9 Å². The highest BCUT2D eigenvalue weighted by molar-refractivity contribution is 5.91. The molecule has 0 amide bonds. The minimum Gasteiger partial charge on any atom is -0.466 e. The summed E-state index contributed by atoms with van der Waals surface area (Å²) >= 11 is 0. The summed E-state index contributed by atoms with van der Waals surface area (Å²) in [5.41, 5.74) is -1.68. The van der Waals surface area contributed by atoms with Gasteiger partial charge in [-0.3, -0.25) is 4.79 Å². The van der Waals surface area contributed by atoms with E-state index in [0.717, 1.165) is 7.11 Å². The lowest BCUT2D eigenvalue weighted by molar-refractivity contribution is -0.189. The molecule has 0 radical (unpaired) electrons. The number of ketones is 1. The minimum atomic E-state index is -1.54. The van der Waals surface area contributed by atoms with Crippen LogP contribution in [0.3, 0.4) is 0 Å². The van der Waals surface area contributed by atoms with Gasteiger partial charge in [-0.25, -0.2) is 9.59 Å². The summed E-state index contributed by atoms with van der Waals surface area (Å²) < 4.78 is 10.1. The van der Waals surface area contributed by atoms with Gasteiger partial charge in [-0.05, 0) is 12.8 Å². The van der Waals surface area contributed by atoms with E-state index in [0.29, 0.717) is 0 Å². The Morgan fingerprint density at radius 2 is 1.90 bits per heavy atom. The third kappa shape index (κ3) is 4.13. The first-order chi connectivity index (χ1) is 13.5. The van der Waals surface area contributed by atoms with Crippen molar-refractivity contribution in [3.05, 3.63) is 24.3 Å². The van der Waals surface area contributed by atoms with Crippen LogP contribution in [0.15, 0.2) is 24.3 Å². The largest absolute Gasteiger partial charge is 0.466 e. The van der Waals surface area contributed by atoms with E-state index in [4.69, 9.17) is 9.84 Å². The van der Waals surface area contributed by atoms with Crippen LogP contribution in [0.5, 0.6) is 0 Å². The van der Waals surface area contributed by atoms with Gasteiger partial charge in [-0.15, -0.1) is 0 Å². The zero-order valence-electron chi connectivity index (χ0n) is 16.5. The number of fused-ring (bicyclic) bond motifs is 1. The molecule has 0 unspecified atom stereocenters. The zero-order valence-corrected chi connectivity index (χ0v) is 16.5. The monoisotopic (exact) mass is 412 g/mol. The first-order valence-corrected chi connectivity index (χ1v) is 9.34. The van der Waals surface area contributed by atoms with Gasteiger partial charge >= 0.3 is 11.9 Å². The van der Waals surface area contributed by atoms with Gasteiger partial charge in [0.15, 0.2) is 0 Å².